The second kappa shape index (κ2) is 8.84. The van der Waals surface area contributed by atoms with E-state index in [1.807, 2.05) is 0 Å². The number of H-pyrrole nitrogens is 1. The zero-order valence-corrected chi connectivity index (χ0v) is 19.0. The Hall–Kier alpha value is -3.03. The molecule has 0 saturated heterocycles. The first-order valence-electron chi connectivity index (χ1n) is 10.0. The van der Waals surface area contributed by atoms with Crippen LogP contribution in [0.2, 0.25) is 10.0 Å². The maximum atomic E-state index is 13.4. The number of fused-ring (bicyclic) bond motifs is 2. The van der Waals surface area contributed by atoms with E-state index in [1.54, 1.807) is 42.2 Å². The number of aromatic nitrogens is 1. The maximum Gasteiger partial charge on any atom is 0.414 e. The number of hydrogen-bond donors (Lipinski definition) is 1. The van der Waals surface area contributed by atoms with E-state index in [1.165, 1.54) is 7.11 Å². The Morgan fingerprint density at radius 2 is 1.88 bits per heavy atom. The lowest BCUT2D eigenvalue weighted by Gasteiger charge is -2.16. The van der Waals surface area contributed by atoms with Gasteiger partial charge in [-0.25, -0.2) is 4.79 Å². The molecule has 2 heterocycles. The van der Waals surface area contributed by atoms with E-state index < -0.39 is 12.1 Å². The highest BCUT2D eigenvalue weighted by atomic mass is 35.5. The lowest BCUT2D eigenvalue weighted by atomic mass is 9.99. The van der Waals surface area contributed by atoms with Crippen LogP contribution < -0.4 is 4.90 Å². The number of carbonyl (C=O) groups excluding carboxylic acids is 3. The number of ether oxygens (including phenoxy) is 2. The van der Waals surface area contributed by atoms with Crippen molar-refractivity contribution in [2.24, 2.45) is 0 Å². The van der Waals surface area contributed by atoms with Gasteiger partial charge in [-0.1, -0.05) is 23.2 Å². The number of aromatic amines is 1. The number of benzene rings is 2. The third-order valence-electron chi connectivity index (χ3n) is 5.45. The van der Waals surface area contributed by atoms with Gasteiger partial charge in [0, 0.05) is 28.6 Å². The summed E-state index contributed by atoms with van der Waals surface area (Å²) in [6.45, 7) is 2.53. The first-order valence-corrected chi connectivity index (χ1v) is 10.8. The summed E-state index contributed by atoms with van der Waals surface area (Å²) in [7, 11) is 1.29. The molecule has 32 heavy (non-hydrogen) atoms. The van der Waals surface area contributed by atoms with Gasteiger partial charge in [-0.05, 0) is 49.2 Å². The summed E-state index contributed by atoms with van der Waals surface area (Å²) in [4.78, 5) is 42.3. The minimum absolute atomic E-state index is 0.100. The fraction of sp³-hybridized carbons (Fsp3) is 0.261. The number of nitrogens with zero attached hydrogens (tertiary/aromatic N) is 1. The van der Waals surface area contributed by atoms with E-state index in [4.69, 9.17) is 32.7 Å². The summed E-state index contributed by atoms with van der Waals surface area (Å²) in [5, 5.41) is 1.28. The Kier molecular flexibility index (Phi) is 6.13. The third kappa shape index (κ3) is 3.94. The average Bonchev–Trinajstić information content (AvgIpc) is 3.35. The molecular formula is C23H20Cl2N2O5. The zero-order chi connectivity index (χ0) is 23.0. The van der Waals surface area contributed by atoms with Gasteiger partial charge in [0.05, 0.1) is 41.6 Å². The van der Waals surface area contributed by atoms with Crippen molar-refractivity contribution in [2.75, 3.05) is 25.2 Å². The number of carbonyl (C=O) groups is 3. The number of anilines is 1. The number of hydrogen-bond acceptors (Lipinski definition) is 5. The molecule has 4 rings (SSSR count). The summed E-state index contributed by atoms with van der Waals surface area (Å²) in [5.41, 5.74) is 3.39. The van der Waals surface area contributed by atoms with Crippen molar-refractivity contribution in [3.05, 3.63) is 62.8 Å². The van der Waals surface area contributed by atoms with Crippen LogP contribution >= 0.6 is 23.2 Å². The highest BCUT2D eigenvalue weighted by Gasteiger charge is 2.28. The Morgan fingerprint density at radius 3 is 2.59 bits per heavy atom. The van der Waals surface area contributed by atoms with E-state index in [2.05, 4.69) is 4.98 Å². The van der Waals surface area contributed by atoms with Crippen LogP contribution in [0.5, 0.6) is 0 Å². The highest BCUT2D eigenvalue weighted by Crippen LogP contribution is 2.34. The summed E-state index contributed by atoms with van der Waals surface area (Å²) < 4.78 is 9.90. The molecule has 2 aromatic carbocycles. The molecule has 1 aliphatic rings. The van der Waals surface area contributed by atoms with Crippen molar-refractivity contribution >= 4 is 57.6 Å². The first-order chi connectivity index (χ1) is 15.3. The van der Waals surface area contributed by atoms with Crippen molar-refractivity contribution in [3.8, 4) is 0 Å². The predicted octanol–water partition coefficient (Wildman–Crippen LogP) is 4.94. The molecule has 0 fully saturated rings. The van der Waals surface area contributed by atoms with Gasteiger partial charge in [0.2, 0.25) is 5.78 Å². The molecule has 0 saturated carbocycles. The monoisotopic (exact) mass is 474 g/mol. The number of esters is 1. The first kappa shape index (κ1) is 22.2. The normalized spacial score (nSPS) is 12.7. The average molecular weight is 475 g/mol. The SMILES string of the molecule is CCOC(=O)N1CCc2cc(C(=O)c3[nH]c4cc(Cl)c(Cl)cc4c3CC(=O)OC)ccc21. The molecule has 1 aliphatic heterocycles. The van der Waals surface area contributed by atoms with Gasteiger partial charge in [-0.2, -0.15) is 0 Å². The molecule has 1 aromatic heterocycles. The number of rotatable bonds is 5. The molecule has 0 atom stereocenters. The third-order valence-corrected chi connectivity index (χ3v) is 6.17. The van der Waals surface area contributed by atoms with Gasteiger partial charge >= 0.3 is 12.1 Å². The summed E-state index contributed by atoms with van der Waals surface area (Å²) >= 11 is 12.3. The molecule has 7 nitrogen and oxygen atoms in total. The van der Waals surface area contributed by atoms with Crippen molar-refractivity contribution < 1.29 is 23.9 Å². The molecule has 1 N–H and O–H groups in total. The Labute approximate surface area is 194 Å². The van der Waals surface area contributed by atoms with E-state index >= 15 is 0 Å². The van der Waals surface area contributed by atoms with Gasteiger partial charge < -0.3 is 14.5 Å². The van der Waals surface area contributed by atoms with Crippen molar-refractivity contribution in [2.45, 2.75) is 19.8 Å². The van der Waals surface area contributed by atoms with Crippen LogP contribution in [0, 0.1) is 0 Å². The second-order valence-electron chi connectivity index (χ2n) is 7.32. The predicted molar refractivity (Wildman–Crippen MR) is 122 cm³/mol. The largest absolute Gasteiger partial charge is 0.469 e. The van der Waals surface area contributed by atoms with E-state index in [9.17, 15) is 14.4 Å². The van der Waals surface area contributed by atoms with Gasteiger partial charge in [0.15, 0.2) is 0 Å². The van der Waals surface area contributed by atoms with E-state index in [0.29, 0.717) is 51.6 Å². The quantitative estimate of drug-likeness (QED) is 0.417. The number of halogens is 2. The standard InChI is InChI=1S/C23H20Cl2N2O5/c1-3-32-23(30)27-7-6-12-8-13(4-5-19(12)27)22(29)21-15(10-20(28)31-2)14-9-16(24)17(25)11-18(14)26-21/h4-5,8-9,11,26H,3,6-7,10H2,1-2H3. The second-order valence-corrected chi connectivity index (χ2v) is 8.13. The highest BCUT2D eigenvalue weighted by molar-refractivity contribution is 6.42. The van der Waals surface area contributed by atoms with Gasteiger partial charge in [0.1, 0.15) is 0 Å². The molecule has 9 heteroatoms. The molecule has 0 bridgehead atoms. The van der Waals surface area contributed by atoms with Crippen LogP contribution in [-0.2, 0) is 27.1 Å². The van der Waals surface area contributed by atoms with Crippen LogP contribution in [0.15, 0.2) is 30.3 Å². The van der Waals surface area contributed by atoms with Gasteiger partial charge in [-0.15, -0.1) is 0 Å². The maximum absolute atomic E-state index is 13.4. The van der Waals surface area contributed by atoms with Gasteiger partial charge in [0.25, 0.3) is 0 Å². The zero-order valence-electron chi connectivity index (χ0n) is 17.5. The van der Waals surface area contributed by atoms with Crippen LogP contribution in [0.1, 0.15) is 34.1 Å². The fourth-order valence-electron chi connectivity index (χ4n) is 3.92. The van der Waals surface area contributed by atoms with Crippen LogP contribution in [0.3, 0.4) is 0 Å². The Bertz CT molecular complexity index is 1250. The topological polar surface area (TPSA) is 88.7 Å². The van der Waals surface area contributed by atoms with Crippen molar-refractivity contribution in [3.63, 3.8) is 0 Å². The van der Waals surface area contributed by atoms with Crippen LogP contribution in [0.25, 0.3) is 10.9 Å². The number of methoxy groups -OCH3 is 1. The minimum atomic E-state index is -0.481. The molecule has 0 radical (unpaired) electrons. The summed E-state index contributed by atoms with van der Waals surface area (Å²) in [6.07, 6.45) is 0.106. The molecule has 0 unspecified atom stereocenters. The van der Waals surface area contributed by atoms with Crippen LogP contribution in [-0.4, -0.2) is 43.1 Å². The lowest BCUT2D eigenvalue weighted by molar-refractivity contribution is -0.139. The fourth-order valence-corrected chi connectivity index (χ4v) is 4.24. The smallest absolute Gasteiger partial charge is 0.414 e. The van der Waals surface area contributed by atoms with Crippen molar-refractivity contribution in [1.29, 1.82) is 0 Å². The Balaban J connectivity index is 1.75. The minimum Gasteiger partial charge on any atom is -0.469 e. The molecular weight excluding hydrogens is 455 g/mol. The molecule has 166 valence electrons. The molecule has 0 aliphatic carbocycles. The number of amides is 1. The molecule has 3 aromatic rings. The van der Waals surface area contributed by atoms with E-state index in [-0.39, 0.29) is 17.9 Å². The van der Waals surface area contributed by atoms with E-state index in [0.717, 1.165) is 11.3 Å². The Morgan fingerprint density at radius 1 is 1.12 bits per heavy atom. The lowest BCUT2D eigenvalue weighted by Crippen LogP contribution is -2.29. The summed E-state index contributed by atoms with van der Waals surface area (Å²) in [6, 6.07) is 8.42. The summed E-state index contributed by atoms with van der Waals surface area (Å²) in [5.74, 6) is -0.769. The number of nitrogens with one attached hydrogen (secondary N) is 1. The van der Waals surface area contributed by atoms with Crippen LogP contribution in [0.4, 0.5) is 10.5 Å². The number of ketones is 1. The van der Waals surface area contributed by atoms with Gasteiger partial charge in [-0.3, -0.25) is 14.5 Å². The molecule has 1 amide bonds. The molecule has 0 spiro atoms. The van der Waals surface area contributed by atoms with Crippen molar-refractivity contribution in [1.82, 2.24) is 4.98 Å².